The van der Waals surface area contributed by atoms with Crippen molar-refractivity contribution < 1.29 is 9.47 Å². The van der Waals surface area contributed by atoms with Gasteiger partial charge in [0.25, 0.3) is 0 Å². The lowest BCUT2D eigenvalue weighted by molar-refractivity contribution is 0.0466. The molecule has 2 heteroatoms. The average molecular weight is 226 g/mol. The quantitative estimate of drug-likeness (QED) is 0.442. The highest BCUT2D eigenvalue weighted by molar-refractivity contribution is 4.88. The van der Waals surface area contributed by atoms with Crippen LogP contribution in [0.4, 0.5) is 0 Å². The van der Waals surface area contributed by atoms with E-state index in [0.29, 0.717) is 13.2 Å². The summed E-state index contributed by atoms with van der Waals surface area (Å²) in [4.78, 5) is 0. The van der Waals surface area contributed by atoms with E-state index >= 15 is 0 Å². The number of ether oxygens (including phenoxy) is 2. The van der Waals surface area contributed by atoms with Gasteiger partial charge in [-0.05, 0) is 25.7 Å². The van der Waals surface area contributed by atoms with Crippen LogP contribution < -0.4 is 0 Å². The third-order valence-electron chi connectivity index (χ3n) is 2.11. The third kappa shape index (κ3) is 9.94. The molecule has 0 radical (unpaired) electrons. The van der Waals surface area contributed by atoms with E-state index in [0.717, 1.165) is 30.8 Å². The maximum atomic E-state index is 5.57. The Hall–Kier alpha value is -0.600. The van der Waals surface area contributed by atoms with Crippen LogP contribution in [-0.4, -0.2) is 26.4 Å². The summed E-state index contributed by atoms with van der Waals surface area (Å²) in [5, 5.41) is 0. The van der Waals surface area contributed by atoms with E-state index in [2.05, 4.69) is 27.0 Å². The van der Waals surface area contributed by atoms with Gasteiger partial charge in [0, 0.05) is 6.61 Å². The molecule has 94 valence electrons. The molecule has 0 aromatic carbocycles. The molecule has 0 aromatic rings. The maximum Gasteiger partial charge on any atom is 0.0671 e. The van der Waals surface area contributed by atoms with Gasteiger partial charge < -0.3 is 9.47 Å². The van der Waals surface area contributed by atoms with E-state index in [9.17, 15) is 0 Å². The molecular weight excluding hydrogens is 200 g/mol. The van der Waals surface area contributed by atoms with Crippen molar-refractivity contribution in [1.82, 2.24) is 0 Å². The minimum atomic E-state index is 0.157. The topological polar surface area (TPSA) is 18.5 Å². The van der Waals surface area contributed by atoms with Crippen LogP contribution in [0.2, 0.25) is 0 Å². The zero-order valence-electron chi connectivity index (χ0n) is 11.3. The number of hydrogen-bond donors (Lipinski definition) is 0. The summed E-state index contributed by atoms with van der Waals surface area (Å²) >= 11 is 0. The van der Waals surface area contributed by atoms with Gasteiger partial charge in [0.05, 0.1) is 19.8 Å². The second kappa shape index (κ2) is 7.64. The Labute approximate surface area is 100 Å². The van der Waals surface area contributed by atoms with E-state index in [1.165, 1.54) is 0 Å². The SMILES string of the molecule is C=C(C)COCCC(C)(C)COCC(=C)C. The molecule has 0 N–H and O–H groups in total. The Kier molecular flexibility index (Phi) is 7.35. The molecule has 0 aliphatic rings. The predicted octanol–water partition coefficient (Wildman–Crippen LogP) is 3.59. The van der Waals surface area contributed by atoms with Gasteiger partial charge in [0.15, 0.2) is 0 Å². The third-order valence-corrected chi connectivity index (χ3v) is 2.11. The van der Waals surface area contributed by atoms with Crippen LogP contribution in [-0.2, 0) is 9.47 Å². The monoisotopic (exact) mass is 226 g/mol. The first-order valence-electron chi connectivity index (χ1n) is 5.78. The molecule has 0 amide bonds. The molecule has 0 bridgehead atoms. The molecular formula is C14H26O2. The molecule has 2 nitrogen and oxygen atoms in total. The van der Waals surface area contributed by atoms with E-state index in [4.69, 9.17) is 9.47 Å². The molecule has 0 aliphatic heterocycles. The Balaban J connectivity index is 3.61. The standard InChI is InChI=1S/C14H26O2/c1-12(2)9-15-8-7-14(5,6)11-16-10-13(3)4/h1,3,7-11H2,2,4-6H3. The van der Waals surface area contributed by atoms with Crippen LogP contribution in [0.5, 0.6) is 0 Å². The van der Waals surface area contributed by atoms with E-state index in [1.54, 1.807) is 0 Å². The van der Waals surface area contributed by atoms with Crippen molar-refractivity contribution in [1.29, 1.82) is 0 Å². The van der Waals surface area contributed by atoms with E-state index in [1.807, 2.05) is 13.8 Å². The Bertz CT molecular complexity index is 229. The van der Waals surface area contributed by atoms with Gasteiger partial charge in [-0.1, -0.05) is 38.2 Å². The lowest BCUT2D eigenvalue weighted by Crippen LogP contribution is -2.22. The normalized spacial score (nSPS) is 11.5. The lowest BCUT2D eigenvalue weighted by atomic mass is 9.91. The van der Waals surface area contributed by atoms with Gasteiger partial charge >= 0.3 is 0 Å². The smallest absolute Gasteiger partial charge is 0.0671 e. The highest BCUT2D eigenvalue weighted by atomic mass is 16.5. The summed E-state index contributed by atoms with van der Waals surface area (Å²) in [6.07, 6.45) is 0.996. The fourth-order valence-electron chi connectivity index (χ4n) is 1.17. The zero-order chi connectivity index (χ0) is 12.6. The van der Waals surface area contributed by atoms with Crippen molar-refractivity contribution in [3.8, 4) is 0 Å². The van der Waals surface area contributed by atoms with E-state index in [-0.39, 0.29) is 5.41 Å². The molecule has 0 saturated heterocycles. The van der Waals surface area contributed by atoms with Crippen molar-refractivity contribution in [3.05, 3.63) is 24.3 Å². The first-order chi connectivity index (χ1) is 7.33. The van der Waals surface area contributed by atoms with Crippen molar-refractivity contribution in [2.24, 2.45) is 5.41 Å². The molecule has 0 aliphatic carbocycles. The van der Waals surface area contributed by atoms with Crippen LogP contribution in [0, 0.1) is 5.41 Å². The number of rotatable bonds is 9. The van der Waals surface area contributed by atoms with Crippen molar-refractivity contribution in [3.63, 3.8) is 0 Å². The zero-order valence-corrected chi connectivity index (χ0v) is 11.3. The van der Waals surface area contributed by atoms with Crippen LogP contribution in [0.3, 0.4) is 0 Å². The Morgan fingerprint density at radius 1 is 1.00 bits per heavy atom. The predicted molar refractivity (Wildman–Crippen MR) is 69.7 cm³/mol. The van der Waals surface area contributed by atoms with Gasteiger partial charge in [0.2, 0.25) is 0 Å². The first kappa shape index (κ1) is 15.4. The van der Waals surface area contributed by atoms with Crippen molar-refractivity contribution in [2.45, 2.75) is 34.1 Å². The second-order valence-electron chi connectivity index (χ2n) is 5.37. The lowest BCUT2D eigenvalue weighted by Gasteiger charge is -2.24. The van der Waals surface area contributed by atoms with Crippen LogP contribution in [0.1, 0.15) is 34.1 Å². The minimum Gasteiger partial charge on any atom is -0.377 e. The van der Waals surface area contributed by atoms with Crippen LogP contribution in [0.15, 0.2) is 24.3 Å². The van der Waals surface area contributed by atoms with E-state index < -0.39 is 0 Å². The van der Waals surface area contributed by atoms with Crippen LogP contribution in [0.25, 0.3) is 0 Å². The number of hydrogen-bond acceptors (Lipinski definition) is 2. The summed E-state index contributed by atoms with van der Waals surface area (Å²) < 4.78 is 11.1. The largest absolute Gasteiger partial charge is 0.377 e. The fraction of sp³-hybridized carbons (Fsp3) is 0.714. The van der Waals surface area contributed by atoms with Gasteiger partial charge in [-0.25, -0.2) is 0 Å². The van der Waals surface area contributed by atoms with Gasteiger partial charge in [-0.3, -0.25) is 0 Å². The molecule has 0 saturated carbocycles. The highest BCUT2D eigenvalue weighted by Crippen LogP contribution is 2.20. The molecule has 16 heavy (non-hydrogen) atoms. The molecule has 0 atom stereocenters. The van der Waals surface area contributed by atoms with Crippen molar-refractivity contribution >= 4 is 0 Å². The van der Waals surface area contributed by atoms with Gasteiger partial charge in [0.1, 0.15) is 0 Å². The fourth-order valence-corrected chi connectivity index (χ4v) is 1.17. The molecule has 0 heterocycles. The van der Waals surface area contributed by atoms with Crippen LogP contribution >= 0.6 is 0 Å². The second-order valence-corrected chi connectivity index (χ2v) is 5.37. The molecule has 0 rings (SSSR count). The highest BCUT2D eigenvalue weighted by Gasteiger charge is 2.17. The summed E-state index contributed by atoms with van der Waals surface area (Å²) in [5.41, 5.74) is 2.29. The molecule has 0 spiro atoms. The molecule has 0 fully saturated rings. The summed E-state index contributed by atoms with van der Waals surface area (Å²) in [6, 6.07) is 0. The Morgan fingerprint density at radius 3 is 2.00 bits per heavy atom. The Morgan fingerprint density at radius 2 is 1.50 bits per heavy atom. The molecule has 0 aromatic heterocycles. The van der Waals surface area contributed by atoms with Gasteiger partial charge in [-0.15, -0.1) is 0 Å². The first-order valence-corrected chi connectivity index (χ1v) is 5.78. The summed E-state index contributed by atoms with van der Waals surface area (Å²) in [6.45, 7) is 18.7. The summed E-state index contributed by atoms with van der Waals surface area (Å²) in [7, 11) is 0. The van der Waals surface area contributed by atoms with Crippen molar-refractivity contribution in [2.75, 3.05) is 26.4 Å². The van der Waals surface area contributed by atoms with Gasteiger partial charge in [-0.2, -0.15) is 0 Å². The maximum absolute atomic E-state index is 5.57. The molecule has 0 unspecified atom stereocenters. The minimum absolute atomic E-state index is 0.157. The summed E-state index contributed by atoms with van der Waals surface area (Å²) in [5.74, 6) is 0. The average Bonchev–Trinajstić information content (AvgIpc) is 2.11.